The number of amides is 2. The zero-order chi connectivity index (χ0) is 14.4. The van der Waals surface area contributed by atoms with Crippen molar-refractivity contribution < 1.29 is 9.59 Å². The highest BCUT2D eigenvalue weighted by Gasteiger charge is 2.07. The zero-order valence-corrected chi connectivity index (χ0v) is 11.9. The molecule has 0 saturated carbocycles. The van der Waals surface area contributed by atoms with Crippen molar-refractivity contribution in [3.63, 3.8) is 0 Å². The van der Waals surface area contributed by atoms with Crippen molar-refractivity contribution in [1.82, 2.24) is 10.2 Å². The molecule has 0 atom stereocenters. The molecular formula is C14H21N3O2. The van der Waals surface area contributed by atoms with E-state index in [0.29, 0.717) is 17.8 Å². The summed E-state index contributed by atoms with van der Waals surface area (Å²) in [5.41, 5.74) is 1.27. The molecule has 1 aromatic rings. The second kappa shape index (κ2) is 6.89. The third-order valence-electron chi connectivity index (χ3n) is 2.31. The first kappa shape index (κ1) is 15.2. The van der Waals surface area contributed by atoms with Crippen LogP contribution in [0.25, 0.3) is 0 Å². The molecule has 0 saturated heterocycles. The lowest BCUT2D eigenvalue weighted by Crippen LogP contribution is -2.30. The van der Waals surface area contributed by atoms with Gasteiger partial charge in [0, 0.05) is 17.3 Å². The van der Waals surface area contributed by atoms with Crippen LogP contribution in [0.2, 0.25) is 0 Å². The largest absolute Gasteiger partial charge is 0.350 e. The number of hydrogen-bond donors (Lipinski definition) is 2. The van der Waals surface area contributed by atoms with E-state index in [1.807, 2.05) is 27.9 Å². The lowest BCUT2D eigenvalue weighted by atomic mass is 10.2. The van der Waals surface area contributed by atoms with Gasteiger partial charge in [-0.2, -0.15) is 0 Å². The van der Waals surface area contributed by atoms with Crippen LogP contribution in [-0.4, -0.2) is 43.4 Å². The van der Waals surface area contributed by atoms with Gasteiger partial charge in [0.2, 0.25) is 5.91 Å². The minimum Gasteiger partial charge on any atom is -0.350 e. The molecular weight excluding hydrogens is 242 g/mol. The number of anilines is 1. The molecule has 0 aliphatic rings. The van der Waals surface area contributed by atoms with E-state index < -0.39 is 0 Å². The predicted molar refractivity (Wildman–Crippen MR) is 76.2 cm³/mol. The van der Waals surface area contributed by atoms with Crippen LogP contribution in [0.1, 0.15) is 24.2 Å². The van der Waals surface area contributed by atoms with Gasteiger partial charge in [-0.15, -0.1) is 0 Å². The first-order valence-corrected chi connectivity index (χ1v) is 6.24. The lowest BCUT2D eigenvalue weighted by molar-refractivity contribution is -0.116. The minimum absolute atomic E-state index is 0.0793. The average molecular weight is 263 g/mol. The molecule has 2 amide bonds. The third kappa shape index (κ3) is 5.52. The maximum absolute atomic E-state index is 11.7. The Morgan fingerprint density at radius 3 is 2.21 bits per heavy atom. The monoisotopic (exact) mass is 263 g/mol. The normalized spacial score (nSPS) is 10.6. The van der Waals surface area contributed by atoms with Crippen molar-refractivity contribution in [2.45, 2.75) is 19.9 Å². The summed E-state index contributed by atoms with van der Waals surface area (Å²) >= 11 is 0. The number of carbonyl (C=O) groups is 2. The Morgan fingerprint density at radius 2 is 1.74 bits per heavy atom. The van der Waals surface area contributed by atoms with Crippen LogP contribution < -0.4 is 10.6 Å². The highest BCUT2D eigenvalue weighted by Crippen LogP contribution is 2.09. The maximum atomic E-state index is 11.7. The molecule has 0 fully saturated rings. The Morgan fingerprint density at radius 1 is 1.16 bits per heavy atom. The fraction of sp³-hybridized carbons (Fsp3) is 0.429. The quantitative estimate of drug-likeness (QED) is 0.842. The van der Waals surface area contributed by atoms with E-state index >= 15 is 0 Å². The summed E-state index contributed by atoms with van der Waals surface area (Å²) < 4.78 is 0. The molecule has 104 valence electrons. The highest BCUT2D eigenvalue weighted by molar-refractivity contribution is 5.96. The van der Waals surface area contributed by atoms with Gasteiger partial charge in [0.25, 0.3) is 5.91 Å². The molecule has 5 nitrogen and oxygen atoms in total. The van der Waals surface area contributed by atoms with Gasteiger partial charge in [-0.3, -0.25) is 9.59 Å². The van der Waals surface area contributed by atoms with Crippen molar-refractivity contribution >= 4 is 17.5 Å². The van der Waals surface area contributed by atoms with Gasteiger partial charge in [0.15, 0.2) is 0 Å². The minimum atomic E-state index is -0.110. The fourth-order valence-corrected chi connectivity index (χ4v) is 1.54. The Labute approximate surface area is 114 Å². The van der Waals surface area contributed by atoms with Crippen LogP contribution >= 0.6 is 0 Å². The zero-order valence-electron chi connectivity index (χ0n) is 11.9. The van der Waals surface area contributed by atoms with Gasteiger partial charge in [-0.1, -0.05) is 0 Å². The summed E-state index contributed by atoms with van der Waals surface area (Å²) in [6.45, 7) is 4.15. The third-order valence-corrected chi connectivity index (χ3v) is 2.31. The number of likely N-dealkylation sites (N-methyl/N-ethyl adjacent to an activating group) is 1. The second-order valence-corrected chi connectivity index (χ2v) is 4.99. The van der Waals surface area contributed by atoms with Crippen molar-refractivity contribution in [1.29, 1.82) is 0 Å². The molecule has 5 heteroatoms. The summed E-state index contributed by atoms with van der Waals surface area (Å²) in [7, 11) is 3.66. The number of carbonyl (C=O) groups excluding carboxylic acids is 2. The Kier molecular flexibility index (Phi) is 5.51. The van der Waals surface area contributed by atoms with Crippen LogP contribution in [0, 0.1) is 0 Å². The molecule has 0 aliphatic heterocycles. The first-order chi connectivity index (χ1) is 8.88. The lowest BCUT2D eigenvalue weighted by Gasteiger charge is -2.11. The van der Waals surface area contributed by atoms with Crippen molar-refractivity contribution in [2.24, 2.45) is 0 Å². The first-order valence-electron chi connectivity index (χ1n) is 6.24. The van der Waals surface area contributed by atoms with Crippen molar-refractivity contribution in [3.8, 4) is 0 Å². The summed E-state index contributed by atoms with van der Waals surface area (Å²) in [6.07, 6.45) is 0. The van der Waals surface area contributed by atoms with Crippen LogP contribution in [0.5, 0.6) is 0 Å². The highest BCUT2D eigenvalue weighted by atomic mass is 16.2. The van der Waals surface area contributed by atoms with Crippen LogP contribution in [-0.2, 0) is 4.79 Å². The number of nitrogens with one attached hydrogen (secondary N) is 2. The van der Waals surface area contributed by atoms with Gasteiger partial charge in [-0.05, 0) is 52.2 Å². The molecule has 0 heterocycles. The molecule has 1 aromatic carbocycles. The van der Waals surface area contributed by atoms with Gasteiger partial charge < -0.3 is 15.5 Å². The molecule has 1 rings (SSSR count). The maximum Gasteiger partial charge on any atom is 0.251 e. The van der Waals surface area contributed by atoms with Gasteiger partial charge in [0.05, 0.1) is 6.54 Å². The Bertz CT molecular complexity index is 439. The van der Waals surface area contributed by atoms with Gasteiger partial charge in [0.1, 0.15) is 0 Å². The Balaban J connectivity index is 2.61. The Hall–Kier alpha value is -1.88. The molecule has 2 N–H and O–H groups in total. The molecule has 0 spiro atoms. The summed E-state index contributed by atoms with van der Waals surface area (Å²) in [6, 6.07) is 6.95. The van der Waals surface area contributed by atoms with Crippen LogP contribution in [0.3, 0.4) is 0 Å². The standard InChI is InChI=1S/C14H21N3O2/c1-10(2)15-14(19)11-5-7-12(8-6-11)16-13(18)9-17(3)4/h5-8,10H,9H2,1-4H3,(H,15,19)(H,16,18). The van der Waals surface area contributed by atoms with E-state index in [1.54, 1.807) is 29.2 Å². The van der Waals surface area contributed by atoms with Crippen molar-refractivity contribution in [2.75, 3.05) is 26.0 Å². The predicted octanol–water partition coefficient (Wildman–Crippen LogP) is 1.32. The SMILES string of the molecule is CC(C)NC(=O)c1ccc(NC(=O)CN(C)C)cc1. The van der Waals surface area contributed by atoms with E-state index in [4.69, 9.17) is 0 Å². The molecule has 0 bridgehead atoms. The fourth-order valence-electron chi connectivity index (χ4n) is 1.54. The summed E-state index contributed by atoms with van der Waals surface area (Å²) in [5.74, 6) is -0.189. The van der Waals surface area contributed by atoms with E-state index in [0.717, 1.165) is 0 Å². The summed E-state index contributed by atoms with van der Waals surface area (Å²) in [4.78, 5) is 25.1. The van der Waals surface area contributed by atoms with E-state index in [1.165, 1.54) is 0 Å². The van der Waals surface area contributed by atoms with Crippen molar-refractivity contribution in [3.05, 3.63) is 29.8 Å². The van der Waals surface area contributed by atoms with Crippen LogP contribution in [0.4, 0.5) is 5.69 Å². The average Bonchev–Trinajstić information content (AvgIpc) is 2.27. The summed E-state index contributed by atoms with van der Waals surface area (Å²) in [5, 5.41) is 5.58. The number of rotatable bonds is 5. The van der Waals surface area contributed by atoms with Crippen LogP contribution in [0.15, 0.2) is 24.3 Å². The molecule has 0 aromatic heterocycles. The van der Waals surface area contributed by atoms with E-state index in [2.05, 4.69) is 10.6 Å². The number of nitrogens with zero attached hydrogens (tertiary/aromatic N) is 1. The van der Waals surface area contributed by atoms with E-state index in [-0.39, 0.29) is 17.9 Å². The van der Waals surface area contributed by atoms with E-state index in [9.17, 15) is 9.59 Å². The molecule has 0 radical (unpaired) electrons. The number of hydrogen-bond acceptors (Lipinski definition) is 3. The second-order valence-electron chi connectivity index (χ2n) is 4.99. The smallest absolute Gasteiger partial charge is 0.251 e. The van der Waals surface area contributed by atoms with Gasteiger partial charge in [-0.25, -0.2) is 0 Å². The van der Waals surface area contributed by atoms with Gasteiger partial charge >= 0.3 is 0 Å². The molecule has 0 unspecified atom stereocenters. The number of benzene rings is 1. The molecule has 19 heavy (non-hydrogen) atoms. The topological polar surface area (TPSA) is 61.4 Å². The molecule has 0 aliphatic carbocycles.